The van der Waals surface area contributed by atoms with Gasteiger partial charge in [0.05, 0.1) is 12.2 Å². The second-order valence-corrected chi connectivity index (χ2v) is 5.73. The molecule has 2 aromatic heterocycles. The molecule has 8 nitrogen and oxygen atoms in total. The Balaban J connectivity index is 2.43. The standard InChI is InChI=1S/C13H21N5O3/c1-13(2,3)8-7-18-11(16-17-12(18)19)10(15-8)14-6-9(20-4)21-5/h7,9H,6H2,1-5H3,(H,14,15)(H,17,19). The summed E-state index contributed by atoms with van der Waals surface area (Å²) in [5, 5.41) is 9.53. The van der Waals surface area contributed by atoms with Crippen molar-refractivity contribution in [3.63, 3.8) is 0 Å². The molecule has 2 rings (SSSR count). The molecular weight excluding hydrogens is 274 g/mol. The van der Waals surface area contributed by atoms with E-state index in [1.807, 2.05) is 20.8 Å². The van der Waals surface area contributed by atoms with Crippen LogP contribution in [0.4, 0.5) is 5.82 Å². The van der Waals surface area contributed by atoms with E-state index in [0.29, 0.717) is 18.0 Å². The highest BCUT2D eigenvalue weighted by molar-refractivity contribution is 5.62. The number of methoxy groups -OCH3 is 2. The lowest BCUT2D eigenvalue weighted by atomic mass is 9.93. The van der Waals surface area contributed by atoms with Gasteiger partial charge in [-0.25, -0.2) is 19.3 Å². The fraction of sp³-hybridized carbons (Fsp3) is 0.615. The van der Waals surface area contributed by atoms with Crippen molar-refractivity contribution in [3.8, 4) is 0 Å². The smallest absolute Gasteiger partial charge is 0.347 e. The number of anilines is 1. The lowest BCUT2D eigenvalue weighted by Gasteiger charge is -2.20. The summed E-state index contributed by atoms with van der Waals surface area (Å²) < 4.78 is 11.7. The molecule has 21 heavy (non-hydrogen) atoms. The maximum atomic E-state index is 11.8. The Morgan fingerprint density at radius 1 is 1.38 bits per heavy atom. The van der Waals surface area contributed by atoms with Gasteiger partial charge in [0.25, 0.3) is 0 Å². The minimum Gasteiger partial charge on any atom is -0.362 e. The summed E-state index contributed by atoms with van der Waals surface area (Å²) >= 11 is 0. The minimum atomic E-state index is -0.407. The Bertz CT molecular complexity index is 666. The number of ether oxygens (including phenoxy) is 2. The van der Waals surface area contributed by atoms with Gasteiger partial charge in [0.2, 0.25) is 5.65 Å². The van der Waals surface area contributed by atoms with Crippen LogP contribution >= 0.6 is 0 Å². The predicted molar refractivity (Wildman–Crippen MR) is 78.6 cm³/mol. The fourth-order valence-electron chi connectivity index (χ4n) is 1.84. The maximum absolute atomic E-state index is 11.8. The van der Waals surface area contributed by atoms with Crippen LogP contribution in [0.3, 0.4) is 0 Å². The average molecular weight is 295 g/mol. The van der Waals surface area contributed by atoms with Gasteiger partial charge in [0.15, 0.2) is 12.1 Å². The Hall–Kier alpha value is -1.93. The third kappa shape index (κ3) is 3.22. The van der Waals surface area contributed by atoms with Crippen LogP contribution < -0.4 is 11.0 Å². The summed E-state index contributed by atoms with van der Waals surface area (Å²) in [7, 11) is 3.12. The maximum Gasteiger partial charge on any atom is 0.347 e. The molecule has 0 unspecified atom stereocenters. The number of nitrogens with zero attached hydrogens (tertiary/aromatic N) is 3. The van der Waals surface area contributed by atoms with Gasteiger partial charge in [-0.3, -0.25) is 0 Å². The van der Waals surface area contributed by atoms with Crippen LogP contribution in [0.15, 0.2) is 11.0 Å². The first-order chi connectivity index (χ1) is 9.86. The van der Waals surface area contributed by atoms with Crippen LogP contribution in [-0.2, 0) is 14.9 Å². The number of hydrogen-bond acceptors (Lipinski definition) is 6. The number of nitrogens with one attached hydrogen (secondary N) is 2. The summed E-state index contributed by atoms with van der Waals surface area (Å²) in [5.74, 6) is 0.514. The molecule has 0 aliphatic heterocycles. The first-order valence-electron chi connectivity index (χ1n) is 6.64. The van der Waals surface area contributed by atoms with E-state index in [1.165, 1.54) is 4.40 Å². The zero-order valence-electron chi connectivity index (χ0n) is 12.9. The Kier molecular flexibility index (Phi) is 4.29. The minimum absolute atomic E-state index is 0.191. The van der Waals surface area contributed by atoms with Crippen LogP contribution in [0, 0.1) is 0 Å². The molecule has 2 heterocycles. The number of H-pyrrole nitrogens is 1. The SMILES string of the molecule is COC(CNc1nc(C(C)(C)C)cn2c(=O)[nH]nc12)OC. The normalized spacial score (nSPS) is 12.3. The third-order valence-electron chi connectivity index (χ3n) is 3.13. The Morgan fingerprint density at radius 3 is 2.62 bits per heavy atom. The van der Waals surface area contributed by atoms with Crippen LogP contribution in [0.2, 0.25) is 0 Å². The first kappa shape index (κ1) is 15.5. The van der Waals surface area contributed by atoms with Crippen molar-refractivity contribution < 1.29 is 9.47 Å². The molecule has 0 saturated heterocycles. The average Bonchev–Trinajstić information content (AvgIpc) is 2.81. The van der Waals surface area contributed by atoms with Gasteiger partial charge in [0, 0.05) is 25.8 Å². The van der Waals surface area contributed by atoms with E-state index in [9.17, 15) is 4.79 Å². The molecule has 0 amide bonds. The van der Waals surface area contributed by atoms with Gasteiger partial charge in [0.1, 0.15) is 0 Å². The second-order valence-electron chi connectivity index (χ2n) is 5.73. The monoisotopic (exact) mass is 295 g/mol. The topological polar surface area (TPSA) is 93.5 Å². The molecule has 8 heteroatoms. The molecule has 0 fully saturated rings. The molecule has 0 spiro atoms. The number of rotatable bonds is 5. The van der Waals surface area contributed by atoms with E-state index in [1.54, 1.807) is 20.4 Å². The molecule has 2 aromatic rings. The number of aromatic nitrogens is 4. The Morgan fingerprint density at radius 2 is 2.05 bits per heavy atom. The van der Waals surface area contributed by atoms with Gasteiger partial charge in [-0.1, -0.05) is 20.8 Å². The van der Waals surface area contributed by atoms with Crippen LogP contribution in [0.5, 0.6) is 0 Å². The Labute approximate surface area is 122 Å². The summed E-state index contributed by atoms with van der Waals surface area (Å²) in [6.45, 7) is 6.49. The summed E-state index contributed by atoms with van der Waals surface area (Å²) in [4.78, 5) is 16.4. The predicted octanol–water partition coefficient (Wildman–Crippen LogP) is 0.746. The first-order valence-corrected chi connectivity index (χ1v) is 6.64. The number of aromatic amines is 1. The molecule has 0 bridgehead atoms. The fourth-order valence-corrected chi connectivity index (χ4v) is 1.84. The van der Waals surface area contributed by atoms with Gasteiger partial charge < -0.3 is 14.8 Å². The van der Waals surface area contributed by atoms with Crippen molar-refractivity contribution >= 4 is 11.5 Å². The lowest BCUT2D eigenvalue weighted by molar-refractivity contribution is -0.0914. The van der Waals surface area contributed by atoms with Gasteiger partial charge in [-0.05, 0) is 0 Å². The van der Waals surface area contributed by atoms with Crippen molar-refractivity contribution in [1.29, 1.82) is 0 Å². The molecule has 0 saturated carbocycles. The van der Waals surface area contributed by atoms with Crippen molar-refractivity contribution in [2.24, 2.45) is 0 Å². The van der Waals surface area contributed by atoms with Gasteiger partial charge >= 0.3 is 5.69 Å². The second kappa shape index (κ2) is 5.82. The van der Waals surface area contributed by atoms with E-state index in [-0.39, 0.29) is 11.1 Å². The molecule has 0 aromatic carbocycles. The zero-order valence-corrected chi connectivity index (χ0v) is 12.9. The molecule has 0 aliphatic carbocycles. The van der Waals surface area contributed by atoms with Gasteiger partial charge in [-0.15, -0.1) is 5.10 Å². The third-order valence-corrected chi connectivity index (χ3v) is 3.13. The van der Waals surface area contributed by atoms with Crippen molar-refractivity contribution in [1.82, 2.24) is 19.6 Å². The number of hydrogen-bond donors (Lipinski definition) is 2. The van der Waals surface area contributed by atoms with E-state index in [2.05, 4.69) is 20.5 Å². The van der Waals surface area contributed by atoms with Crippen molar-refractivity contribution in [2.75, 3.05) is 26.1 Å². The van der Waals surface area contributed by atoms with Crippen LogP contribution in [0.25, 0.3) is 5.65 Å². The molecule has 0 atom stereocenters. The van der Waals surface area contributed by atoms with Crippen molar-refractivity contribution in [3.05, 3.63) is 22.4 Å². The lowest BCUT2D eigenvalue weighted by Crippen LogP contribution is -2.25. The largest absolute Gasteiger partial charge is 0.362 e. The number of fused-ring (bicyclic) bond motifs is 1. The molecule has 2 N–H and O–H groups in total. The van der Waals surface area contributed by atoms with Crippen LogP contribution in [0.1, 0.15) is 26.5 Å². The molecule has 0 aliphatic rings. The summed E-state index contributed by atoms with van der Waals surface area (Å²) in [5.41, 5.74) is 0.741. The molecule has 0 radical (unpaired) electrons. The zero-order chi connectivity index (χ0) is 15.6. The van der Waals surface area contributed by atoms with E-state index in [0.717, 1.165) is 5.69 Å². The highest BCUT2D eigenvalue weighted by Gasteiger charge is 2.20. The van der Waals surface area contributed by atoms with E-state index >= 15 is 0 Å². The van der Waals surface area contributed by atoms with E-state index in [4.69, 9.17) is 9.47 Å². The molecule has 116 valence electrons. The summed E-state index contributed by atoms with van der Waals surface area (Å²) in [6, 6.07) is 0. The highest BCUT2D eigenvalue weighted by Crippen LogP contribution is 2.22. The quantitative estimate of drug-likeness (QED) is 0.790. The summed E-state index contributed by atoms with van der Waals surface area (Å²) in [6.07, 6.45) is 1.30. The van der Waals surface area contributed by atoms with E-state index < -0.39 is 6.29 Å². The molecular formula is C13H21N5O3. The van der Waals surface area contributed by atoms with Crippen LogP contribution in [-0.4, -0.2) is 46.6 Å². The highest BCUT2D eigenvalue weighted by atomic mass is 16.7. The van der Waals surface area contributed by atoms with Gasteiger partial charge in [-0.2, -0.15) is 0 Å². The van der Waals surface area contributed by atoms with Crippen molar-refractivity contribution in [2.45, 2.75) is 32.5 Å².